The molecule has 33 heavy (non-hydrogen) atoms. The predicted molar refractivity (Wildman–Crippen MR) is 122 cm³/mol. The van der Waals surface area contributed by atoms with Gasteiger partial charge in [-0.2, -0.15) is 24.5 Å². The Hall–Kier alpha value is -2.89. The first-order valence-electron chi connectivity index (χ1n) is 9.97. The SMILES string of the molecule is CC1CC1NS(=O)(=O)c1ccc(-c2ccsc2)c(NC(=O)Nc2cccc(C(F)(F)F)c2)c1. The van der Waals surface area contributed by atoms with Gasteiger partial charge in [-0.15, -0.1) is 0 Å². The van der Waals surface area contributed by atoms with Crippen LogP contribution < -0.4 is 15.4 Å². The number of hydrogen-bond acceptors (Lipinski definition) is 4. The number of carbonyl (C=O) groups is 1. The molecular weight excluding hydrogens is 475 g/mol. The van der Waals surface area contributed by atoms with Gasteiger partial charge in [0.05, 0.1) is 16.1 Å². The van der Waals surface area contributed by atoms with E-state index in [4.69, 9.17) is 0 Å². The smallest absolute Gasteiger partial charge is 0.308 e. The van der Waals surface area contributed by atoms with Crippen LogP contribution in [0.4, 0.5) is 29.3 Å². The van der Waals surface area contributed by atoms with E-state index in [-0.39, 0.29) is 28.2 Å². The van der Waals surface area contributed by atoms with E-state index in [9.17, 15) is 26.4 Å². The van der Waals surface area contributed by atoms with Crippen molar-refractivity contribution in [2.24, 2.45) is 5.92 Å². The van der Waals surface area contributed by atoms with Gasteiger partial charge in [-0.3, -0.25) is 0 Å². The lowest BCUT2D eigenvalue weighted by Gasteiger charge is -2.15. The van der Waals surface area contributed by atoms with Crippen LogP contribution in [0.2, 0.25) is 0 Å². The molecule has 0 aliphatic heterocycles. The summed E-state index contributed by atoms with van der Waals surface area (Å²) >= 11 is 1.43. The number of carbonyl (C=O) groups excluding carboxylic acids is 1. The lowest BCUT2D eigenvalue weighted by Crippen LogP contribution is -2.27. The van der Waals surface area contributed by atoms with Crippen molar-refractivity contribution in [2.45, 2.75) is 30.5 Å². The highest BCUT2D eigenvalue weighted by atomic mass is 32.2. The van der Waals surface area contributed by atoms with E-state index >= 15 is 0 Å². The first-order valence-corrected chi connectivity index (χ1v) is 12.4. The van der Waals surface area contributed by atoms with Gasteiger partial charge in [-0.25, -0.2) is 17.9 Å². The van der Waals surface area contributed by atoms with Crippen molar-refractivity contribution in [1.29, 1.82) is 0 Å². The fraction of sp³-hybridized carbons (Fsp3) is 0.227. The monoisotopic (exact) mass is 495 g/mol. The molecule has 3 aromatic rings. The summed E-state index contributed by atoms with van der Waals surface area (Å²) in [5.74, 6) is 0.265. The van der Waals surface area contributed by atoms with Crippen LogP contribution in [0.1, 0.15) is 18.9 Å². The van der Waals surface area contributed by atoms with Crippen LogP contribution in [-0.4, -0.2) is 20.5 Å². The number of anilines is 2. The van der Waals surface area contributed by atoms with Crippen molar-refractivity contribution in [2.75, 3.05) is 10.6 Å². The maximum absolute atomic E-state index is 12.9. The van der Waals surface area contributed by atoms with Crippen molar-refractivity contribution in [3.05, 3.63) is 64.9 Å². The van der Waals surface area contributed by atoms with Crippen molar-refractivity contribution >= 4 is 38.8 Å². The number of rotatable bonds is 6. The summed E-state index contributed by atoms with van der Waals surface area (Å²) in [6, 6.07) is 9.52. The van der Waals surface area contributed by atoms with Gasteiger partial charge in [0.1, 0.15) is 0 Å². The molecule has 0 spiro atoms. The van der Waals surface area contributed by atoms with Crippen molar-refractivity contribution in [1.82, 2.24) is 4.72 Å². The van der Waals surface area contributed by atoms with E-state index < -0.39 is 27.8 Å². The molecule has 6 nitrogen and oxygen atoms in total. The first-order chi connectivity index (χ1) is 15.5. The third-order valence-corrected chi connectivity index (χ3v) is 7.42. The zero-order valence-corrected chi connectivity index (χ0v) is 18.9. The van der Waals surface area contributed by atoms with Crippen LogP contribution in [0.5, 0.6) is 0 Å². The number of alkyl halides is 3. The van der Waals surface area contributed by atoms with E-state index in [1.807, 2.05) is 23.8 Å². The van der Waals surface area contributed by atoms with Gasteiger partial charge in [0.15, 0.2) is 0 Å². The summed E-state index contributed by atoms with van der Waals surface area (Å²) in [5, 5.41) is 8.62. The predicted octanol–water partition coefficient (Wildman–Crippen LogP) is 5.76. The fourth-order valence-corrected chi connectivity index (χ4v) is 5.31. The summed E-state index contributed by atoms with van der Waals surface area (Å²) in [6.07, 6.45) is -3.79. The van der Waals surface area contributed by atoms with E-state index in [0.29, 0.717) is 5.56 Å². The lowest BCUT2D eigenvalue weighted by atomic mass is 10.1. The fourth-order valence-electron chi connectivity index (χ4n) is 3.27. The van der Waals surface area contributed by atoms with Gasteiger partial charge in [0.2, 0.25) is 10.0 Å². The Bertz CT molecular complexity index is 1280. The number of hydrogen-bond donors (Lipinski definition) is 3. The third kappa shape index (κ3) is 5.55. The van der Waals surface area contributed by atoms with Gasteiger partial charge in [0, 0.05) is 17.3 Å². The Labute approximate surface area is 192 Å². The summed E-state index contributed by atoms with van der Waals surface area (Å²) < 4.78 is 67.0. The molecular formula is C22H20F3N3O3S2. The van der Waals surface area contributed by atoms with Gasteiger partial charge >= 0.3 is 12.2 Å². The van der Waals surface area contributed by atoms with Crippen molar-refractivity contribution in [3.8, 4) is 11.1 Å². The van der Waals surface area contributed by atoms with E-state index in [1.54, 1.807) is 6.07 Å². The molecule has 2 amide bonds. The number of halogens is 3. The van der Waals surface area contributed by atoms with Crippen LogP contribution in [0, 0.1) is 5.92 Å². The van der Waals surface area contributed by atoms with E-state index in [0.717, 1.165) is 24.1 Å². The summed E-state index contributed by atoms with van der Waals surface area (Å²) in [7, 11) is -3.80. The quantitative estimate of drug-likeness (QED) is 0.406. The summed E-state index contributed by atoms with van der Waals surface area (Å²) in [5.41, 5.74) is 0.612. The number of thiophene rings is 1. The van der Waals surface area contributed by atoms with Crippen LogP contribution in [0.15, 0.2) is 64.2 Å². The average molecular weight is 496 g/mol. The summed E-state index contributed by atoms with van der Waals surface area (Å²) in [6.45, 7) is 1.94. The van der Waals surface area contributed by atoms with Crippen LogP contribution >= 0.6 is 11.3 Å². The Balaban J connectivity index is 1.60. The molecule has 2 unspecified atom stereocenters. The van der Waals surface area contributed by atoms with Crippen LogP contribution in [0.25, 0.3) is 11.1 Å². The standard InChI is InChI=1S/C22H20F3N3O3S2/c1-13-9-19(13)28-33(30,31)17-5-6-18(14-7-8-32-12-14)20(11-17)27-21(29)26-16-4-2-3-15(10-16)22(23,24)25/h2-8,10-13,19,28H,9H2,1H3,(H2,26,27,29). The number of sulfonamides is 1. The Morgan fingerprint density at radius 3 is 2.48 bits per heavy atom. The molecule has 1 aliphatic carbocycles. The molecule has 1 heterocycles. The molecule has 0 radical (unpaired) electrons. The second kappa shape index (κ2) is 8.81. The van der Waals surface area contributed by atoms with Crippen LogP contribution in [0.3, 0.4) is 0 Å². The minimum Gasteiger partial charge on any atom is -0.308 e. The number of amides is 2. The van der Waals surface area contributed by atoms with Crippen molar-refractivity contribution < 1.29 is 26.4 Å². The average Bonchev–Trinajstić information content (AvgIpc) is 3.18. The minimum atomic E-state index is -4.55. The van der Waals surface area contributed by atoms with Crippen LogP contribution in [-0.2, 0) is 16.2 Å². The first kappa shape index (κ1) is 23.3. The van der Waals surface area contributed by atoms with E-state index in [1.165, 1.54) is 35.6 Å². The Kier molecular flexibility index (Phi) is 6.21. The Morgan fingerprint density at radius 2 is 1.85 bits per heavy atom. The highest BCUT2D eigenvalue weighted by Gasteiger charge is 2.36. The molecule has 174 valence electrons. The number of nitrogens with one attached hydrogen (secondary N) is 3. The maximum atomic E-state index is 12.9. The molecule has 1 aromatic heterocycles. The zero-order valence-electron chi connectivity index (χ0n) is 17.3. The largest absolute Gasteiger partial charge is 0.416 e. The molecule has 1 saturated carbocycles. The zero-order chi connectivity index (χ0) is 23.8. The molecule has 2 atom stereocenters. The van der Waals surface area contributed by atoms with Gasteiger partial charge in [-0.1, -0.05) is 19.1 Å². The second-order valence-electron chi connectivity index (χ2n) is 7.82. The molecule has 0 saturated heterocycles. The van der Waals surface area contributed by atoms with Gasteiger partial charge in [-0.05, 0) is 65.1 Å². The maximum Gasteiger partial charge on any atom is 0.416 e. The second-order valence-corrected chi connectivity index (χ2v) is 10.3. The molecule has 11 heteroatoms. The summed E-state index contributed by atoms with van der Waals surface area (Å²) in [4.78, 5) is 12.6. The highest BCUT2D eigenvalue weighted by molar-refractivity contribution is 7.89. The molecule has 4 rings (SSSR count). The Morgan fingerprint density at radius 1 is 1.09 bits per heavy atom. The van der Waals surface area contributed by atoms with Gasteiger partial charge < -0.3 is 10.6 Å². The third-order valence-electron chi connectivity index (χ3n) is 5.25. The molecule has 1 fully saturated rings. The number of benzene rings is 2. The van der Waals surface area contributed by atoms with E-state index in [2.05, 4.69) is 15.4 Å². The van der Waals surface area contributed by atoms with Crippen molar-refractivity contribution in [3.63, 3.8) is 0 Å². The molecule has 3 N–H and O–H groups in total. The molecule has 1 aliphatic rings. The highest BCUT2D eigenvalue weighted by Crippen LogP contribution is 2.35. The minimum absolute atomic E-state index is 0.0186. The van der Waals surface area contributed by atoms with Gasteiger partial charge in [0.25, 0.3) is 0 Å². The number of urea groups is 1. The molecule has 2 aromatic carbocycles. The molecule has 0 bridgehead atoms. The lowest BCUT2D eigenvalue weighted by molar-refractivity contribution is -0.137. The topological polar surface area (TPSA) is 87.3 Å². The normalized spacial score (nSPS) is 18.1.